The van der Waals surface area contributed by atoms with Gasteiger partial charge in [-0.05, 0) is 33.6 Å². The summed E-state index contributed by atoms with van der Waals surface area (Å²) in [5.74, 6) is 0.708. The summed E-state index contributed by atoms with van der Waals surface area (Å²) in [4.78, 5) is 11.8. The molecule has 0 unspecified atom stereocenters. The predicted octanol–water partition coefficient (Wildman–Crippen LogP) is 3.44. The quantitative estimate of drug-likeness (QED) is 0.769. The molecule has 19 heavy (non-hydrogen) atoms. The Hall–Kier alpha value is -1.52. The van der Waals surface area contributed by atoms with E-state index in [0.29, 0.717) is 12.4 Å². The lowest BCUT2D eigenvalue weighted by Crippen LogP contribution is -2.20. The molecular weight excluding hydrogens is 242 g/mol. The number of ether oxygens (including phenoxy) is 1. The van der Waals surface area contributed by atoms with Gasteiger partial charge in [-0.1, -0.05) is 19.8 Å². The van der Waals surface area contributed by atoms with Crippen molar-refractivity contribution in [2.75, 3.05) is 11.9 Å². The van der Waals surface area contributed by atoms with Gasteiger partial charge in [0.15, 0.2) is 0 Å². The third-order valence-corrected chi connectivity index (χ3v) is 2.67. The average molecular weight is 267 g/mol. The van der Waals surface area contributed by atoms with E-state index in [1.54, 1.807) is 6.92 Å². The summed E-state index contributed by atoms with van der Waals surface area (Å²) in [6.45, 7) is 8.37. The van der Waals surface area contributed by atoms with Crippen LogP contribution in [0.4, 0.5) is 10.6 Å². The molecule has 0 amide bonds. The van der Waals surface area contributed by atoms with E-state index in [1.165, 1.54) is 17.5 Å². The van der Waals surface area contributed by atoms with Crippen molar-refractivity contribution in [2.24, 2.45) is 0 Å². The number of rotatable bonds is 7. The minimum absolute atomic E-state index is 0.244. The van der Waals surface area contributed by atoms with Gasteiger partial charge in [0.2, 0.25) is 0 Å². The molecule has 0 spiro atoms. The first-order chi connectivity index (χ1) is 9.08. The summed E-state index contributed by atoms with van der Waals surface area (Å²) < 4.78 is 6.33. The Balaban J connectivity index is 2.82. The van der Waals surface area contributed by atoms with Gasteiger partial charge in [-0.3, -0.25) is 0 Å². The van der Waals surface area contributed by atoms with Crippen molar-refractivity contribution in [3.8, 4) is 0 Å². The maximum Gasteiger partial charge on any atom is 0.436 e. The van der Waals surface area contributed by atoms with Crippen molar-refractivity contribution in [2.45, 2.75) is 59.4 Å². The van der Waals surface area contributed by atoms with Crippen LogP contribution in [0, 0.1) is 0 Å². The predicted molar refractivity (Wildman–Crippen MR) is 76.6 cm³/mol. The Kier molecular flexibility index (Phi) is 6.39. The Morgan fingerprint density at radius 1 is 1.42 bits per heavy atom. The van der Waals surface area contributed by atoms with Crippen LogP contribution in [0.2, 0.25) is 0 Å². The Labute approximate surface area is 115 Å². The highest BCUT2D eigenvalue weighted by Gasteiger charge is 2.15. The molecule has 108 valence electrons. The molecule has 0 aliphatic carbocycles. The van der Waals surface area contributed by atoms with Gasteiger partial charge in [0, 0.05) is 12.1 Å². The van der Waals surface area contributed by atoms with Crippen molar-refractivity contribution in [3.05, 3.63) is 11.8 Å². The van der Waals surface area contributed by atoms with Gasteiger partial charge in [-0.25, -0.2) is 4.79 Å². The van der Waals surface area contributed by atoms with E-state index in [2.05, 4.69) is 17.3 Å². The van der Waals surface area contributed by atoms with Gasteiger partial charge in [0.1, 0.15) is 5.82 Å². The smallest absolute Gasteiger partial charge is 0.436 e. The molecule has 0 saturated heterocycles. The van der Waals surface area contributed by atoms with Crippen molar-refractivity contribution in [3.63, 3.8) is 0 Å². The van der Waals surface area contributed by atoms with Crippen LogP contribution >= 0.6 is 0 Å². The molecule has 1 aromatic heterocycles. The maximum atomic E-state index is 11.8. The molecule has 1 rings (SSSR count). The fraction of sp³-hybridized carbons (Fsp3) is 0.714. The zero-order valence-electron chi connectivity index (χ0n) is 12.4. The average Bonchev–Trinajstić information content (AvgIpc) is 2.72. The number of nitrogens with one attached hydrogen (secondary N) is 1. The van der Waals surface area contributed by atoms with E-state index in [-0.39, 0.29) is 6.04 Å². The van der Waals surface area contributed by atoms with E-state index in [1.807, 2.05) is 19.9 Å². The fourth-order valence-electron chi connectivity index (χ4n) is 1.83. The minimum Gasteiger partial charge on any atom is -0.448 e. The Morgan fingerprint density at radius 3 is 2.74 bits per heavy atom. The van der Waals surface area contributed by atoms with Crippen LogP contribution in [0.1, 0.15) is 52.7 Å². The monoisotopic (exact) mass is 267 g/mol. The number of anilines is 1. The van der Waals surface area contributed by atoms with E-state index >= 15 is 0 Å². The molecule has 5 nitrogen and oxygen atoms in total. The minimum atomic E-state index is -0.424. The van der Waals surface area contributed by atoms with E-state index < -0.39 is 6.09 Å². The molecule has 1 aromatic rings. The second-order valence-electron chi connectivity index (χ2n) is 4.89. The van der Waals surface area contributed by atoms with E-state index in [0.717, 1.165) is 18.5 Å². The first kappa shape index (κ1) is 15.5. The number of carbonyl (C=O) groups is 1. The lowest BCUT2D eigenvalue weighted by Gasteiger charge is -2.10. The fourth-order valence-corrected chi connectivity index (χ4v) is 1.83. The summed E-state index contributed by atoms with van der Waals surface area (Å²) in [6, 6.07) is 2.18. The third kappa shape index (κ3) is 4.93. The number of aryl methyl sites for hydroxylation is 1. The molecule has 0 bridgehead atoms. The van der Waals surface area contributed by atoms with Gasteiger partial charge in [-0.2, -0.15) is 5.10 Å². The first-order valence-corrected chi connectivity index (χ1v) is 7.11. The number of hydrogen-bond donors (Lipinski definition) is 1. The summed E-state index contributed by atoms with van der Waals surface area (Å²) in [5, 5.41) is 7.56. The lowest BCUT2D eigenvalue weighted by molar-refractivity contribution is 0.151. The van der Waals surface area contributed by atoms with E-state index in [9.17, 15) is 4.79 Å². The van der Waals surface area contributed by atoms with Crippen LogP contribution in [0.25, 0.3) is 0 Å². The topological polar surface area (TPSA) is 56.2 Å². The van der Waals surface area contributed by atoms with Crippen molar-refractivity contribution >= 4 is 11.9 Å². The molecule has 0 fully saturated rings. The number of unbranched alkanes of at least 4 members (excludes halogenated alkanes) is 2. The molecule has 1 heterocycles. The maximum absolute atomic E-state index is 11.8. The molecular formula is C14H25N3O2. The Bertz CT molecular complexity index is 399. The van der Waals surface area contributed by atoms with Gasteiger partial charge < -0.3 is 10.1 Å². The highest BCUT2D eigenvalue weighted by atomic mass is 16.6. The van der Waals surface area contributed by atoms with Crippen molar-refractivity contribution in [1.29, 1.82) is 0 Å². The third-order valence-electron chi connectivity index (χ3n) is 2.67. The molecule has 0 aliphatic rings. The summed E-state index contributed by atoms with van der Waals surface area (Å²) in [6.07, 6.45) is 3.92. The van der Waals surface area contributed by atoms with Gasteiger partial charge in [0.25, 0.3) is 0 Å². The van der Waals surface area contributed by atoms with Crippen LogP contribution in [-0.4, -0.2) is 28.5 Å². The van der Waals surface area contributed by atoms with Crippen LogP contribution in [0.15, 0.2) is 6.07 Å². The molecule has 1 N–H and O–H groups in total. The zero-order chi connectivity index (χ0) is 14.3. The highest BCUT2D eigenvalue weighted by molar-refractivity contribution is 5.74. The number of carbonyl (C=O) groups excluding carboxylic acids is 1. The highest BCUT2D eigenvalue weighted by Crippen LogP contribution is 2.15. The van der Waals surface area contributed by atoms with Gasteiger partial charge >= 0.3 is 6.09 Å². The second-order valence-corrected chi connectivity index (χ2v) is 4.89. The molecule has 0 aromatic carbocycles. The summed E-state index contributed by atoms with van der Waals surface area (Å²) in [5.41, 5.74) is 0.935. The van der Waals surface area contributed by atoms with Gasteiger partial charge in [-0.15, -0.1) is 4.68 Å². The van der Waals surface area contributed by atoms with Crippen LogP contribution in [0.3, 0.4) is 0 Å². The SMILES string of the molecule is CCCCCc1cc(NC(C)C)n(C(=O)OCC)n1. The molecule has 0 atom stereocenters. The standard InChI is InChI=1S/C14H25N3O2/c1-5-7-8-9-12-10-13(15-11(3)4)17(16-12)14(18)19-6-2/h10-11,15H,5-9H2,1-4H3. The lowest BCUT2D eigenvalue weighted by atomic mass is 10.1. The van der Waals surface area contributed by atoms with Crippen molar-refractivity contribution in [1.82, 2.24) is 9.78 Å². The molecule has 0 saturated carbocycles. The van der Waals surface area contributed by atoms with Crippen LogP contribution in [0.5, 0.6) is 0 Å². The molecule has 0 radical (unpaired) electrons. The normalized spacial score (nSPS) is 10.8. The number of aromatic nitrogens is 2. The summed E-state index contributed by atoms with van der Waals surface area (Å²) in [7, 11) is 0. The second kappa shape index (κ2) is 7.81. The number of nitrogens with zero attached hydrogens (tertiary/aromatic N) is 2. The largest absolute Gasteiger partial charge is 0.448 e. The molecule has 5 heteroatoms. The van der Waals surface area contributed by atoms with Crippen molar-refractivity contribution < 1.29 is 9.53 Å². The molecule has 0 aliphatic heterocycles. The zero-order valence-corrected chi connectivity index (χ0v) is 12.4. The summed E-state index contributed by atoms with van der Waals surface area (Å²) >= 11 is 0. The van der Waals surface area contributed by atoms with Gasteiger partial charge in [0.05, 0.1) is 12.3 Å². The first-order valence-electron chi connectivity index (χ1n) is 7.11. The number of hydrogen-bond acceptors (Lipinski definition) is 4. The van der Waals surface area contributed by atoms with Crippen LogP contribution in [-0.2, 0) is 11.2 Å². The van der Waals surface area contributed by atoms with E-state index in [4.69, 9.17) is 4.74 Å². The van der Waals surface area contributed by atoms with Crippen LogP contribution < -0.4 is 5.32 Å². The Morgan fingerprint density at radius 2 is 2.16 bits per heavy atom.